The molecule has 4 rings (SSSR count). The van der Waals surface area contributed by atoms with Crippen molar-refractivity contribution in [2.75, 3.05) is 18.8 Å². The second kappa shape index (κ2) is 7.58. The topological polar surface area (TPSA) is 72.1 Å². The molecule has 2 aromatic carbocycles. The highest BCUT2D eigenvalue weighted by Gasteiger charge is 2.25. The summed E-state index contributed by atoms with van der Waals surface area (Å²) in [5.74, 6) is 0.865. The van der Waals surface area contributed by atoms with Gasteiger partial charge >= 0.3 is 0 Å². The molecule has 0 radical (unpaired) electrons. The van der Waals surface area contributed by atoms with Crippen LogP contribution < -0.4 is 5.73 Å². The molecule has 5 nitrogen and oxygen atoms in total. The number of nitrogens with zero attached hydrogens (tertiary/aromatic N) is 3. The summed E-state index contributed by atoms with van der Waals surface area (Å²) >= 11 is 0. The van der Waals surface area contributed by atoms with Gasteiger partial charge in [0.25, 0.3) is 5.91 Å². The van der Waals surface area contributed by atoms with Crippen LogP contribution in [0.5, 0.6) is 0 Å². The molecule has 5 heteroatoms. The molecule has 1 fully saturated rings. The van der Waals surface area contributed by atoms with E-state index in [1.807, 2.05) is 53.4 Å². The van der Waals surface area contributed by atoms with Crippen LogP contribution in [0.25, 0.3) is 11.1 Å². The van der Waals surface area contributed by atoms with Gasteiger partial charge in [-0.05, 0) is 48.2 Å². The minimum absolute atomic E-state index is 0.0939. The van der Waals surface area contributed by atoms with E-state index in [1.54, 1.807) is 6.07 Å². The Bertz CT molecular complexity index is 899. The lowest BCUT2D eigenvalue weighted by Gasteiger charge is -2.31. The van der Waals surface area contributed by atoms with E-state index in [1.165, 1.54) is 0 Å². The number of piperidine rings is 1. The number of likely N-dealkylation sites (tertiary alicyclic amines) is 1. The Morgan fingerprint density at radius 3 is 2.15 bits per heavy atom. The Labute approximate surface area is 158 Å². The fourth-order valence-corrected chi connectivity index (χ4v) is 3.57. The van der Waals surface area contributed by atoms with E-state index in [0.29, 0.717) is 11.7 Å². The predicted octanol–water partition coefficient (Wildman–Crippen LogP) is 3.75. The monoisotopic (exact) mass is 358 g/mol. The molecule has 136 valence electrons. The lowest BCUT2D eigenvalue weighted by atomic mass is 9.93. The lowest BCUT2D eigenvalue weighted by Crippen LogP contribution is -2.38. The first kappa shape index (κ1) is 17.2. The first-order valence-electron chi connectivity index (χ1n) is 9.24. The molecule has 2 N–H and O–H groups in total. The minimum atomic E-state index is 0.0939. The van der Waals surface area contributed by atoms with Crippen LogP contribution in [0.3, 0.4) is 0 Å². The molecule has 2 heterocycles. The van der Waals surface area contributed by atoms with Gasteiger partial charge in [-0.3, -0.25) is 4.79 Å². The molecule has 0 saturated carbocycles. The maximum absolute atomic E-state index is 12.8. The van der Waals surface area contributed by atoms with Crippen molar-refractivity contribution in [3.63, 3.8) is 0 Å². The Balaban J connectivity index is 1.40. The average molecular weight is 358 g/mol. The van der Waals surface area contributed by atoms with E-state index in [0.717, 1.165) is 48.3 Å². The van der Waals surface area contributed by atoms with Crippen LogP contribution in [0.4, 0.5) is 5.82 Å². The van der Waals surface area contributed by atoms with Crippen molar-refractivity contribution in [3.8, 4) is 11.1 Å². The van der Waals surface area contributed by atoms with Crippen molar-refractivity contribution in [2.24, 2.45) is 0 Å². The van der Waals surface area contributed by atoms with E-state index in [9.17, 15) is 4.79 Å². The highest BCUT2D eigenvalue weighted by Crippen LogP contribution is 2.27. The van der Waals surface area contributed by atoms with Crippen molar-refractivity contribution >= 4 is 11.7 Å². The number of aromatic nitrogens is 2. The molecular formula is C22H22N4O. The third kappa shape index (κ3) is 3.82. The second-order valence-corrected chi connectivity index (χ2v) is 6.89. The van der Waals surface area contributed by atoms with Crippen molar-refractivity contribution in [2.45, 2.75) is 18.8 Å². The normalized spacial score (nSPS) is 14.9. The SMILES string of the molecule is Nc1ccc(C2CCN(C(=O)c3ccc(-c4ccccc4)cc3)CC2)nn1. The Kier molecular flexibility index (Phi) is 4.83. The zero-order chi connectivity index (χ0) is 18.6. The van der Waals surface area contributed by atoms with Crippen molar-refractivity contribution in [1.82, 2.24) is 15.1 Å². The van der Waals surface area contributed by atoms with Crippen LogP contribution >= 0.6 is 0 Å². The molecule has 1 amide bonds. The van der Waals surface area contributed by atoms with Gasteiger partial charge in [0.2, 0.25) is 0 Å². The fourth-order valence-electron chi connectivity index (χ4n) is 3.57. The quantitative estimate of drug-likeness (QED) is 0.774. The van der Waals surface area contributed by atoms with E-state index in [-0.39, 0.29) is 5.91 Å². The molecule has 1 saturated heterocycles. The summed E-state index contributed by atoms with van der Waals surface area (Å²) in [6, 6.07) is 21.8. The summed E-state index contributed by atoms with van der Waals surface area (Å²) in [5, 5.41) is 8.13. The summed E-state index contributed by atoms with van der Waals surface area (Å²) in [6.45, 7) is 1.46. The molecule has 0 atom stereocenters. The standard InChI is InChI=1S/C22H22N4O/c23-21-11-10-20(24-25-21)18-12-14-26(15-13-18)22(27)19-8-6-17(7-9-19)16-4-2-1-3-5-16/h1-11,18H,12-15H2,(H2,23,25). The number of anilines is 1. The number of amides is 1. The summed E-state index contributed by atoms with van der Waals surface area (Å²) in [6.07, 6.45) is 1.79. The van der Waals surface area contributed by atoms with Crippen molar-refractivity contribution < 1.29 is 4.79 Å². The Hall–Kier alpha value is -3.21. The number of rotatable bonds is 3. The summed E-state index contributed by atoms with van der Waals surface area (Å²) in [5.41, 5.74) is 9.57. The number of carbonyl (C=O) groups is 1. The number of hydrogen-bond donors (Lipinski definition) is 1. The van der Waals surface area contributed by atoms with E-state index in [2.05, 4.69) is 22.3 Å². The van der Waals surface area contributed by atoms with Crippen LogP contribution in [-0.4, -0.2) is 34.1 Å². The van der Waals surface area contributed by atoms with Crippen LogP contribution in [0.15, 0.2) is 66.7 Å². The van der Waals surface area contributed by atoms with Gasteiger partial charge in [0, 0.05) is 24.6 Å². The molecule has 0 unspecified atom stereocenters. The van der Waals surface area contributed by atoms with Gasteiger partial charge in [0.15, 0.2) is 0 Å². The molecule has 0 spiro atoms. The van der Waals surface area contributed by atoms with Crippen LogP contribution in [0.2, 0.25) is 0 Å². The third-order valence-electron chi connectivity index (χ3n) is 5.15. The molecule has 1 aromatic heterocycles. The van der Waals surface area contributed by atoms with Crippen molar-refractivity contribution in [1.29, 1.82) is 0 Å². The highest BCUT2D eigenvalue weighted by atomic mass is 16.2. The molecule has 3 aromatic rings. The highest BCUT2D eigenvalue weighted by molar-refractivity contribution is 5.94. The molecule has 0 bridgehead atoms. The van der Waals surface area contributed by atoms with Crippen LogP contribution in [-0.2, 0) is 0 Å². The first-order valence-corrected chi connectivity index (χ1v) is 9.24. The van der Waals surface area contributed by atoms with Crippen LogP contribution in [0.1, 0.15) is 34.8 Å². The summed E-state index contributed by atoms with van der Waals surface area (Å²) in [4.78, 5) is 14.7. The molecule has 27 heavy (non-hydrogen) atoms. The molecule has 1 aliphatic heterocycles. The molecular weight excluding hydrogens is 336 g/mol. The Morgan fingerprint density at radius 2 is 1.52 bits per heavy atom. The van der Waals surface area contributed by atoms with Gasteiger partial charge in [-0.15, -0.1) is 5.10 Å². The van der Waals surface area contributed by atoms with Gasteiger partial charge < -0.3 is 10.6 Å². The number of carbonyl (C=O) groups excluding carboxylic acids is 1. The summed E-state index contributed by atoms with van der Waals surface area (Å²) in [7, 11) is 0. The lowest BCUT2D eigenvalue weighted by molar-refractivity contribution is 0.0712. The smallest absolute Gasteiger partial charge is 0.253 e. The van der Waals surface area contributed by atoms with E-state index >= 15 is 0 Å². The largest absolute Gasteiger partial charge is 0.382 e. The summed E-state index contributed by atoms with van der Waals surface area (Å²) < 4.78 is 0. The van der Waals surface area contributed by atoms with Gasteiger partial charge in [0.1, 0.15) is 5.82 Å². The van der Waals surface area contributed by atoms with E-state index < -0.39 is 0 Å². The molecule has 1 aliphatic rings. The average Bonchev–Trinajstić information content (AvgIpc) is 2.75. The second-order valence-electron chi connectivity index (χ2n) is 6.89. The zero-order valence-electron chi connectivity index (χ0n) is 15.1. The van der Waals surface area contributed by atoms with Gasteiger partial charge in [-0.1, -0.05) is 42.5 Å². The predicted molar refractivity (Wildman–Crippen MR) is 106 cm³/mol. The van der Waals surface area contributed by atoms with Gasteiger partial charge in [-0.2, -0.15) is 5.10 Å². The van der Waals surface area contributed by atoms with Gasteiger partial charge in [0.05, 0.1) is 5.69 Å². The van der Waals surface area contributed by atoms with Gasteiger partial charge in [-0.25, -0.2) is 0 Å². The number of benzene rings is 2. The fraction of sp³-hybridized carbons (Fsp3) is 0.227. The maximum Gasteiger partial charge on any atom is 0.253 e. The van der Waals surface area contributed by atoms with E-state index in [4.69, 9.17) is 5.73 Å². The number of hydrogen-bond acceptors (Lipinski definition) is 4. The first-order chi connectivity index (χ1) is 13.2. The number of nitrogens with two attached hydrogens (primary N) is 1. The minimum Gasteiger partial charge on any atom is -0.382 e. The Morgan fingerprint density at radius 1 is 0.852 bits per heavy atom. The third-order valence-corrected chi connectivity index (χ3v) is 5.15. The molecule has 0 aliphatic carbocycles. The van der Waals surface area contributed by atoms with Crippen LogP contribution in [0, 0.1) is 0 Å². The maximum atomic E-state index is 12.8. The zero-order valence-corrected chi connectivity index (χ0v) is 15.1. The number of nitrogen functional groups attached to an aromatic ring is 1. The van der Waals surface area contributed by atoms with Crippen molar-refractivity contribution in [3.05, 3.63) is 78.0 Å².